The zero-order valence-corrected chi connectivity index (χ0v) is 13.3. The van der Waals surface area contributed by atoms with Crippen LogP contribution in [0.4, 0.5) is 11.4 Å². The standard InChI is InChI=1S/C17H16N4O3/c1-9-5-10-3-4-13(22)20-15(10)12(6-9)21-8-11(7-18)14(19)16(21)17(23)24-2/h5-6,8H,3-4,19H2,1-2H3,(H,20,22). The molecule has 2 aromatic rings. The molecule has 0 saturated heterocycles. The zero-order valence-electron chi connectivity index (χ0n) is 13.3. The quantitative estimate of drug-likeness (QED) is 0.820. The van der Waals surface area contributed by atoms with Gasteiger partial charge in [-0.3, -0.25) is 4.79 Å². The van der Waals surface area contributed by atoms with Gasteiger partial charge in [0.25, 0.3) is 0 Å². The van der Waals surface area contributed by atoms with E-state index in [0.29, 0.717) is 24.2 Å². The number of nitrogens with one attached hydrogen (secondary N) is 1. The molecule has 24 heavy (non-hydrogen) atoms. The van der Waals surface area contributed by atoms with Crippen molar-refractivity contribution in [1.29, 1.82) is 5.26 Å². The molecule has 0 unspecified atom stereocenters. The molecular weight excluding hydrogens is 308 g/mol. The van der Waals surface area contributed by atoms with Gasteiger partial charge in [-0.25, -0.2) is 4.79 Å². The van der Waals surface area contributed by atoms with Crippen molar-refractivity contribution in [2.45, 2.75) is 19.8 Å². The monoisotopic (exact) mass is 324 g/mol. The van der Waals surface area contributed by atoms with Crippen molar-refractivity contribution in [3.05, 3.63) is 40.7 Å². The molecule has 0 fully saturated rings. The Morgan fingerprint density at radius 3 is 2.83 bits per heavy atom. The predicted octanol–water partition coefficient (Wildman–Crippen LogP) is 1.91. The van der Waals surface area contributed by atoms with E-state index in [1.54, 1.807) is 0 Å². The molecule has 0 saturated carbocycles. The van der Waals surface area contributed by atoms with Gasteiger partial charge in [0.2, 0.25) is 5.91 Å². The van der Waals surface area contributed by atoms with Crippen LogP contribution in [0.1, 0.15) is 33.6 Å². The molecule has 1 aliphatic heterocycles. The van der Waals surface area contributed by atoms with Gasteiger partial charge < -0.3 is 20.4 Å². The summed E-state index contributed by atoms with van der Waals surface area (Å²) in [6, 6.07) is 5.79. The summed E-state index contributed by atoms with van der Waals surface area (Å²) in [6.45, 7) is 1.93. The second kappa shape index (κ2) is 5.74. The van der Waals surface area contributed by atoms with Crippen LogP contribution in [0, 0.1) is 18.3 Å². The number of nitrogens with zero attached hydrogens (tertiary/aromatic N) is 2. The number of hydrogen-bond donors (Lipinski definition) is 2. The summed E-state index contributed by atoms with van der Waals surface area (Å²) in [4.78, 5) is 24.0. The first-order chi connectivity index (χ1) is 11.5. The topological polar surface area (TPSA) is 110 Å². The van der Waals surface area contributed by atoms with E-state index in [1.165, 1.54) is 17.9 Å². The van der Waals surface area contributed by atoms with E-state index in [9.17, 15) is 14.9 Å². The number of benzene rings is 1. The van der Waals surface area contributed by atoms with Crippen LogP contribution in [0.3, 0.4) is 0 Å². The number of amides is 1. The van der Waals surface area contributed by atoms with Gasteiger partial charge in [-0.1, -0.05) is 6.07 Å². The number of methoxy groups -OCH3 is 1. The number of rotatable bonds is 2. The fourth-order valence-corrected chi connectivity index (χ4v) is 2.93. The molecule has 2 heterocycles. The number of fused-ring (bicyclic) bond motifs is 1. The maximum absolute atomic E-state index is 12.2. The van der Waals surface area contributed by atoms with Crippen molar-refractivity contribution in [3.63, 3.8) is 0 Å². The number of anilines is 2. The molecule has 0 bridgehead atoms. The number of aromatic nitrogens is 1. The van der Waals surface area contributed by atoms with E-state index in [0.717, 1.165) is 11.1 Å². The fourth-order valence-electron chi connectivity index (χ4n) is 2.93. The second-order valence-electron chi connectivity index (χ2n) is 5.64. The molecule has 1 aliphatic rings. The molecule has 3 N–H and O–H groups in total. The summed E-state index contributed by atoms with van der Waals surface area (Å²) in [7, 11) is 1.25. The third-order valence-corrected chi connectivity index (χ3v) is 4.03. The third-order valence-electron chi connectivity index (χ3n) is 4.03. The van der Waals surface area contributed by atoms with Crippen LogP contribution in [0.5, 0.6) is 0 Å². The number of ether oxygens (including phenoxy) is 1. The SMILES string of the molecule is COC(=O)c1c(N)c(C#N)cn1-c1cc(C)cc2c1NC(=O)CC2. The Kier molecular flexibility index (Phi) is 3.73. The first-order valence-electron chi connectivity index (χ1n) is 7.39. The zero-order chi connectivity index (χ0) is 17.4. The van der Waals surface area contributed by atoms with Gasteiger partial charge in [-0.2, -0.15) is 5.26 Å². The number of carbonyl (C=O) groups excluding carboxylic acids is 2. The molecule has 1 aromatic carbocycles. The number of esters is 1. The maximum atomic E-state index is 12.2. The Balaban J connectivity index is 2.31. The lowest BCUT2D eigenvalue weighted by Gasteiger charge is -2.22. The van der Waals surface area contributed by atoms with Crippen molar-refractivity contribution >= 4 is 23.3 Å². The van der Waals surface area contributed by atoms with E-state index in [1.807, 2.05) is 25.1 Å². The normalized spacial score (nSPS) is 13.0. The van der Waals surface area contributed by atoms with Gasteiger partial charge in [-0.05, 0) is 30.5 Å². The van der Waals surface area contributed by atoms with Gasteiger partial charge in [0.1, 0.15) is 6.07 Å². The molecule has 7 heteroatoms. The Bertz CT molecular complexity index is 906. The molecule has 0 radical (unpaired) electrons. The number of nitrogen functional groups attached to an aromatic ring is 1. The molecule has 0 aliphatic carbocycles. The molecule has 122 valence electrons. The average Bonchev–Trinajstić information content (AvgIpc) is 2.90. The first-order valence-corrected chi connectivity index (χ1v) is 7.39. The second-order valence-corrected chi connectivity index (χ2v) is 5.64. The van der Waals surface area contributed by atoms with Crippen LogP contribution < -0.4 is 11.1 Å². The van der Waals surface area contributed by atoms with Crippen LogP contribution >= 0.6 is 0 Å². The Hall–Kier alpha value is -3.27. The van der Waals surface area contributed by atoms with Gasteiger partial charge in [0, 0.05) is 12.6 Å². The highest BCUT2D eigenvalue weighted by molar-refractivity contribution is 5.99. The minimum atomic E-state index is -0.647. The Morgan fingerprint density at radius 1 is 1.42 bits per heavy atom. The van der Waals surface area contributed by atoms with Crippen molar-refractivity contribution in [3.8, 4) is 11.8 Å². The number of hydrogen-bond acceptors (Lipinski definition) is 5. The average molecular weight is 324 g/mol. The molecule has 1 amide bonds. The maximum Gasteiger partial charge on any atom is 0.357 e. The lowest BCUT2D eigenvalue weighted by atomic mass is 9.99. The summed E-state index contributed by atoms with van der Waals surface area (Å²) in [5, 5.41) is 12.1. The van der Waals surface area contributed by atoms with E-state index in [2.05, 4.69) is 5.32 Å². The molecule has 0 spiro atoms. The smallest absolute Gasteiger partial charge is 0.357 e. The molecule has 0 atom stereocenters. The Labute approximate surface area is 138 Å². The third kappa shape index (κ3) is 2.38. The molecule has 7 nitrogen and oxygen atoms in total. The van der Waals surface area contributed by atoms with E-state index < -0.39 is 5.97 Å². The van der Waals surface area contributed by atoms with Gasteiger partial charge >= 0.3 is 5.97 Å². The van der Waals surface area contributed by atoms with Crippen molar-refractivity contribution < 1.29 is 14.3 Å². The highest BCUT2D eigenvalue weighted by Gasteiger charge is 2.26. The van der Waals surface area contributed by atoms with Crippen molar-refractivity contribution in [2.75, 3.05) is 18.2 Å². The minimum Gasteiger partial charge on any atom is -0.464 e. The molecular formula is C17H16N4O3. The number of carbonyl (C=O) groups is 2. The van der Waals surface area contributed by atoms with E-state index in [-0.39, 0.29) is 22.9 Å². The van der Waals surface area contributed by atoms with E-state index in [4.69, 9.17) is 10.5 Å². The van der Waals surface area contributed by atoms with E-state index >= 15 is 0 Å². The van der Waals surface area contributed by atoms with Gasteiger partial charge in [-0.15, -0.1) is 0 Å². The number of nitriles is 1. The minimum absolute atomic E-state index is 0.0572. The summed E-state index contributed by atoms with van der Waals surface area (Å²) in [5.74, 6) is -0.737. The molecule has 1 aromatic heterocycles. The van der Waals surface area contributed by atoms with Crippen LogP contribution in [-0.4, -0.2) is 23.6 Å². The lowest BCUT2D eigenvalue weighted by molar-refractivity contribution is -0.116. The van der Waals surface area contributed by atoms with Crippen LogP contribution in [-0.2, 0) is 16.0 Å². The summed E-state index contributed by atoms with van der Waals surface area (Å²) >= 11 is 0. The summed E-state index contributed by atoms with van der Waals surface area (Å²) < 4.78 is 6.31. The summed E-state index contributed by atoms with van der Waals surface area (Å²) in [5.41, 5.74) is 9.41. The Morgan fingerprint density at radius 2 is 2.17 bits per heavy atom. The number of aryl methyl sites for hydroxylation is 2. The lowest BCUT2D eigenvalue weighted by Crippen LogP contribution is -2.22. The highest BCUT2D eigenvalue weighted by atomic mass is 16.5. The van der Waals surface area contributed by atoms with Crippen LogP contribution in [0.15, 0.2) is 18.3 Å². The van der Waals surface area contributed by atoms with Crippen molar-refractivity contribution in [1.82, 2.24) is 4.57 Å². The van der Waals surface area contributed by atoms with Crippen molar-refractivity contribution in [2.24, 2.45) is 0 Å². The predicted molar refractivity (Wildman–Crippen MR) is 87.9 cm³/mol. The van der Waals surface area contributed by atoms with Crippen LogP contribution in [0.2, 0.25) is 0 Å². The number of nitrogens with two attached hydrogens (primary N) is 1. The largest absolute Gasteiger partial charge is 0.464 e. The summed E-state index contributed by atoms with van der Waals surface area (Å²) in [6.07, 6.45) is 2.51. The van der Waals surface area contributed by atoms with Gasteiger partial charge in [0.15, 0.2) is 5.69 Å². The van der Waals surface area contributed by atoms with Crippen LogP contribution in [0.25, 0.3) is 5.69 Å². The van der Waals surface area contributed by atoms with Gasteiger partial charge in [0.05, 0.1) is 29.7 Å². The highest BCUT2D eigenvalue weighted by Crippen LogP contribution is 2.34. The fraction of sp³-hybridized carbons (Fsp3) is 0.235. The molecule has 3 rings (SSSR count). The first kappa shape index (κ1) is 15.6.